The first-order valence-electron chi connectivity index (χ1n) is 4.13. The highest BCUT2D eigenvalue weighted by Crippen LogP contribution is 2.37. The predicted octanol–water partition coefficient (Wildman–Crippen LogP) is -1.37. The molecule has 19 heavy (non-hydrogen) atoms. The number of diazo groups is 1. The molecule has 0 saturated heterocycles. The van der Waals surface area contributed by atoms with Crippen LogP contribution in [0.15, 0.2) is 15.9 Å². The Balaban J connectivity index is 0.00000324. The van der Waals surface area contributed by atoms with Gasteiger partial charge in [0.05, 0.1) is 11.1 Å². The minimum Gasteiger partial charge on any atom is -1.00 e. The first-order chi connectivity index (χ1) is 8.00. The third-order valence-electron chi connectivity index (χ3n) is 2.03. The second kappa shape index (κ2) is 5.70. The van der Waals surface area contributed by atoms with Crippen molar-refractivity contribution in [3.63, 3.8) is 0 Å². The number of nitrogens with zero attached hydrogens (tertiary/aromatic N) is 2. The molecule has 0 heterocycles. The van der Waals surface area contributed by atoms with E-state index in [1.807, 2.05) is 0 Å². The van der Waals surface area contributed by atoms with Crippen LogP contribution in [0.3, 0.4) is 0 Å². The first-order valence-corrected chi connectivity index (χ1v) is 7.39. The Morgan fingerprint density at radius 2 is 1.68 bits per heavy atom. The monoisotopic (exact) mass is 392 g/mol. The summed E-state index contributed by atoms with van der Waals surface area (Å²) < 4.78 is 61.9. The lowest BCUT2D eigenvalue weighted by Gasteiger charge is -2.05. The van der Waals surface area contributed by atoms with Gasteiger partial charge in [0.15, 0.2) is 9.87 Å². The van der Waals surface area contributed by atoms with Crippen LogP contribution in [0.5, 0.6) is 0 Å². The predicted molar refractivity (Wildman–Crippen MR) is 60.6 cm³/mol. The lowest BCUT2D eigenvalue weighted by atomic mass is 10.2. The van der Waals surface area contributed by atoms with Crippen molar-refractivity contribution < 1.29 is 42.9 Å². The summed E-state index contributed by atoms with van der Waals surface area (Å²) in [7, 11) is -9.51. The van der Waals surface area contributed by atoms with E-state index >= 15 is 0 Å². The third kappa shape index (κ3) is 3.62. The summed E-state index contributed by atoms with van der Waals surface area (Å²) in [5, 5.41) is 8.02. The molecular formula is C7H6BrClN2O6S2. The topological polar surface area (TPSA) is 137 Å². The molecule has 0 atom stereocenters. The Bertz CT molecular complexity index is 768. The summed E-state index contributed by atoms with van der Waals surface area (Å²) in [4.78, 5) is 0.863. The first kappa shape index (κ1) is 18.2. The largest absolute Gasteiger partial charge is 1.00 e. The van der Waals surface area contributed by atoms with Gasteiger partial charge in [-0.2, -0.15) is 16.8 Å². The fourth-order valence-corrected chi connectivity index (χ4v) is 3.31. The van der Waals surface area contributed by atoms with E-state index in [0.717, 1.165) is 6.92 Å². The molecule has 0 fully saturated rings. The van der Waals surface area contributed by atoms with Crippen molar-refractivity contribution in [2.75, 3.05) is 0 Å². The Morgan fingerprint density at radius 3 is 2.00 bits per heavy atom. The van der Waals surface area contributed by atoms with Crippen molar-refractivity contribution in [2.24, 2.45) is 0 Å². The Hall–Kier alpha value is -0.770. The molecule has 2 N–H and O–H groups in total. The van der Waals surface area contributed by atoms with Crippen LogP contribution in [0.4, 0.5) is 5.69 Å². The second-order valence-electron chi connectivity index (χ2n) is 3.21. The molecule has 12 heteroatoms. The zero-order chi connectivity index (χ0) is 14.3. The molecule has 106 valence electrons. The molecule has 8 nitrogen and oxygen atoms in total. The maximum atomic E-state index is 11.1. The van der Waals surface area contributed by atoms with Gasteiger partial charge in [0.2, 0.25) is 5.39 Å². The molecule has 1 rings (SSSR count). The van der Waals surface area contributed by atoms with Crippen LogP contribution in [0, 0.1) is 12.3 Å². The van der Waals surface area contributed by atoms with Crippen LogP contribution < -0.4 is 17.0 Å². The molecule has 0 aliphatic carbocycles. The van der Waals surface area contributed by atoms with Gasteiger partial charge in [-0.25, -0.2) is 0 Å². The van der Waals surface area contributed by atoms with Crippen molar-refractivity contribution in [1.82, 2.24) is 0 Å². The molecule has 0 amide bonds. The quantitative estimate of drug-likeness (QED) is 0.467. The minimum atomic E-state index is -4.78. The normalized spacial score (nSPS) is 11.5. The summed E-state index contributed by atoms with van der Waals surface area (Å²) in [6.07, 6.45) is 0. The van der Waals surface area contributed by atoms with Crippen molar-refractivity contribution in [1.29, 1.82) is 5.39 Å². The lowest BCUT2D eigenvalue weighted by molar-refractivity contribution is -0.0000122. The molecule has 0 aliphatic heterocycles. The van der Waals surface area contributed by atoms with Gasteiger partial charge in [-0.1, -0.05) is 11.6 Å². The van der Waals surface area contributed by atoms with Gasteiger partial charge in [0.25, 0.3) is 10.1 Å². The lowest BCUT2D eigenvalue weighted by Crippen LogP contribution is -3.00. The van der Waals surface area contributed by atoms with Gasteiger partial charge in [-0.05, 0) is 12.5 Å². The molecule has 0 aromatic heterocycles. The maximum Gasteiger partial charge on any atom is 0.407 e. The number of benzene rings is 1. The molecule has 0 bridgehead atoms. The number of halogens is 2. The van der Waals surface area contributed by atoms with E-state index in [-0.39, 0.29) is 22.5 Å². The van der Waals surface area contributed by atoms with Gasteiger partial charge in [0, 0.05) is 0 Å². The van der Waals surface area contributed by atoms with Gasteiger partial charge >= 0.3 is 15.8 Å². The van der Waals surface area contributed by atoms with Crippen LogP contribution in [0.2, 0.25) is 5.02 Å². The molecule has 1 aromatic carbocycles. The van der Waals surface area contributed by atoms with Crippen molar-refractivity contribution >= 4 is 37.5 Å². The number of rotatable bonds is 2. The smallest absolute Gasteiger partial charge is 0.407 e. The van der Waals surface area contributed by atoms with Crippen LogP contribution >= 0.6 is 11.6 Å². The van der Waals surface area contributed by atoms with E-state index in [2.05, 4.69) is 4.98 Å². The Kier molecular flexibility index (Phi) is 5.46. The van der Waals surface area contributed by atoms with Crippen molar-refractivity contribution in [2.45, 2.75) is 16.7 Å². The van der Waals surface area contributed by atoms with E-state index in [1.165, 1.54) is 0 Å². The Labute approximate surface area is 124 Å². The summed E-state index contributed by atoms with van der Waals surface area (Å²) >= 11 is 5.58. The zero-order valence-electron chi connectivity index (χ0n) is 9.07. The number of hydrogen-bond acceptors (Lipinski definition) is 5. The molecule has 1 aromatic rings. The molecule has 0 saturated carbocycles. The molecule has 0 aliphatic rings. The van der Waals surface area contributed by atoms with Gasteiger partial charge in [-0.15, -0.1) is 0 Å². The highest BCUT2D eigenvalue weighted by molar-refractivity contribution is 7.86. The van der Waals surface area contributed by atoms with Gasteiger partial charge in [-0.3, -0.25) is 9.11 Å². The SMILES string of the molecule is Cc1c(Cl)c(S(=O)(=O)O)cc([N+]#N)c1S(=O)(=O)O.[Br-]. The summed E-state index contributed by atoms with van der Waals surface area (Å²) in [6.45, 7) is 1.08. The standard InChI is InChI=1S/C7H5ClN2O6S2.BrH/c1-3-6(8)5(17(11,12)13)2-4(10-9)7(3)18(14,15)16;/h2H,1H3,(H-,11,12,13,14,15,16);1H. The molecule has 0 unspecified atom stereocenters. The third-order valence-corrected chi connectivity index (χ3v) is 4.54. The van der Waals surface area contributed by atoms with Gasteiger partial charge < -0.3 is 17.0 Å². The van der Waals surface area contributed by atoms with E-state index in [9.17, 15) is 16.8 Å². The van der Waals surface area contributed by atoms with E-state index in [1.54, 1.807) is 0 Å². The van der Waals surface area contributed by atoms with E-state index in [4.69, 9.17) is 26.1 Å². The van der Waals surface area contributed by atoms with Crippen molar-refractivity contribution in [3.05, 3.63) is 21.6 Å². The van der Waals surface area contributed by atoms with Gasteiger partial charge in [0.1, 0.15) is 4.90 Å². The fourth-order valence-electron chi connectivity index (χ4n) is 1.32. The van der Waals surface area contributed by atoms with E-state index in [0.29, 0.717) is 6.07 Å². The Morgan fingerprint density at radius 1 is 1.21 bits per heavy atom. The molecular weight excluding hydrogens is 388 g/mol. The van der Waals surface area contributed by atoms with Crippen LogP contribution in [0.1, 0.15) is 5.56 Å². The molecule has 0 spiro atoms. The van der Waals surface area contributed by atoms with E-state index < -0.39 is 40.7 Å². The van der Waals surface area contributed by atoms with Crippen LogP contribution in [-0.4, -0.2) is 25.9 Å². The maximum absolute atomic E-state index is 11.1. The van der Waals surface area contributed by atoms with Crippen molar-refractivity contribution in [3.8, 4) is 0 Å². The average Bonchev–Trinajstić information content (AvgIpc) is 2.17. The average molecular weight is 394 g/mol. The minimum absolute atomic E-state index is 0. The fraction of sp³-hybridized carbons (Fsp3) is 0.143. The summed E-state index contributed by atoms with van der Waals surface area (Å²) in [5.74, 6) is 0. The summed E-state index contributed by atoms with van der Waals surface area (Å²) in [5.41, 5.74) is -1.13. The molecule has 0 radical (unpaired) electrons. The second-order valence-corrected chi connectivity index (χ2v) is 6.34. The van der Waals surface area contributed by atoms with Crippen LogP contribution in [-0.2, 0) is 20.2 Å². The zero-order valence-corrected chi connectivity index (χ0v) is 13.0. The highest BCUT2D eigenvalue weighted by Gasteiger charge is 2.33. The number of hydrogen-bond donors (Lipinski definition) is 2. The van der Waals surface area contributed by atoms with Crippen LogP contribution in [0.25, 0.3) is 4.98 Å². The summed E-state index contributed by atoms with van der Waals surface area (Å²) in [6, 6.07) is 0.522. The highest BCUT2D eigenvalue weighted by atomic mass is 79.9.